The van der Waals surface area contributed by atoms with Crippen LogP contribution >= 0.6 is 27.5 Å². The van der Waals surface area contributed by atoms with E-state index in [1.807, 2.05) is 25.1 Å². The molecule has 1 aromatic heterocycles. The molecule has 19 heavy (non-hydrogen) atoms. The molecule has 0 spiro atoms. The molecular weight excluding hydrogens is 326 g/mol. The maximum absolute atomic E-state index is 6.26. The van der Waals surface area contributed by atoms with Crippen molar-refractivity contribution in [2.24, 2.45) is 0 Å². The lowest BCUT2D eigenvalue weighted by atomic mass is 10.0. The summed E-state index contributed by atoms with van der Waals surface area (Å²) in [5.41, 5.74) is 2.10. The number of hydrogen-bond acceptors (Lipinski definition) is 2. The van der Waals surface area contributed by atoms with Crippen LogP contribution in [0.2, 0.25) is 5.02 Å². The van der Waals surface area contributed by atoms with Crippen molar-refractivity contribution in [3.8, 4) is 11.5 Å². The number of ether oxygens (including phenoxy) is 1. The molecule has 4 heteroatoms. The van der Waals surface area contributed by atoms with Gasteiger partial charge >= 0.3 is 0 Å². The van der Waals surface area contributed by atoms with Gasteiger partial charge in [-0.2, -0.15) is 0 Å². The smallest absolute Gasteiger partial charge is 0.144 e. The normalized spacial score (nSPS) is 10.8. The van der Waals surface area contributed by atoms with E-state index in [1.165, 1.54) is 0 Å². The Hall–Kier alpha value is -1.06. The zero-order valence-corrected chi connectivity index (χ0v) is 13.4. The van der Waals surface area contributed by atoms with Crippen molar-refractivity contribution in [1.29, 1.82) is 0 Å². The lowest BCUT2D eigenvalue weighted by molar-refractivity contribution is 0.474. The van der Waals surface area contributed by atoms with Gasteiger partial charge in [0, 0.05) is 23.5 Å². The molecule has 0 aliphatic heterocycles. The van der Waals surface area contributed by atoms with Crippen LogP contribution in [0.4, 0.5) is 0 Å². The van der Waals surface area contributed by atoms with Gasteiger partial charge < -0.3 is 4.74 Å². The van der Waals surface area contributed by atoms with Crippen molar-refractivity contribution in [2.75, 3.05) is 0 Å². The highest BCUT2D eigenvalue weighted by atomic mass is 79.9. The van der Waals surface area contributed by atoms with Gasteiger partial charge in [-0.3, -0.25) is 4.98 Å². The minimum absolute atomic E-state index is 0.358. The zero-order chi connectivity index (χ0) is 14.0. The summed E-state index contributed by atoms with van der Waals surface area (Å²) in [7, 11) is 0. The number of pyridine rings is 1. The fourth-order valence-electron chi connectivity index (χ4n) is 1.78. The Kier molecular flexibility index (Phi) is 4.48. The average molecular weight is 341 g/mol. The maximum atomic E-state index is 6.26. The molecule has 2 aromatic rings. The van der Waals surface area contributed by atoms with E-state index in [-0.39, 0.29) is 0 Å². The van der Waals surface area contributed by atoms with Crippen LogP contribution in [0, 0.1) is 6.92 Å². The van der Waals surface area contributed by atoms with E-state index in [0.717, 1.165) is 32.1 Å². The molecule has 2 nitrogen and oxygen atoms in total. The van der Waals surface area contributed by atoms with Crippen LogP contribution in [0.5, 0.6) is 11.5 Å². The van der Waals surface area contributed by atoms with Crippen molar-refractivity contribution < 1.29 is 4.74 Å². The molecule has 0 atom stereocenters. The lowest BCUT2D eigenvalue weighted by Gasteiger charge is -2.15. The van der Waals surface area contributed by atoms with Gasteiger partial charge in [-0.05, 0) is 52.0 Å². The van der Waals surface area contributed by atoms with Crippen molar-refractivity contribution in [2.45, 2.75) is 26.7 Å². The van der Waals surface area contributed by atoms with E-state index >= 15 is 0 Å². The third-order valence-corrected chi connectivity index (χ3v) is 3.79. The molecule has 100 valence electrons. The lowest BCUT2D eigenvalue weighted by Crippen LogP contribution is -1.94. The summed E-state index contributed by atoms with van der Waals surface area (Å²) in [5.74, 6) is 1.92. The van der Waals surface area contributed by atoms with Crippen molar-refractivity contribution in [3.05, 3.63) is 51.2 Å². The third-order valence-electron chi connectivity index (χ3n) is 2.87. The van der Waals surface area contributed by atoms with Crippen LogP contribution in [0.3, 0.4) is 0 Å². The molecule has 1 heterocycles. The summed E-state index contributed by atoms with van der Waals surface area (Å²) in [5, 5.41) is 0.786. The topological polar surface area (TPSA) is 22.1 Å². The minimum Gasteiger partial charge on any atom is -0.456 e. The van der Waals surface area contributed by atoms with Crippen LogP contribution in [0.1, 0.15) is 30.9 Å². The van der Waals surface area contributed by atoms with E-state index in [1.54, 1.807) is 12.4 Å². The first-order chi connectivity index (χ1) is 8.99. The second kappa shape index (κ2) is 5.93. The quantitative estimate of drug-likeness (QED) is 0.712. The summed E-state index contributed by atoms with van der Waals surface area (Å²) in [6.07, 6.45) is 3.42. The van der Waals surface area contributed by atoms with E-state index in [9.17, 15) is 0 Å². The number of benzene rings is 1. The van der Waals surface area contributed by atoms with Crippen LogP contribution in [-0.4, -0.2) is 4.98 Å². The van der Waals surface area contributed by atoms with E-state index < -0.39 is 0 Å². The molecule has 0 fully saturated rings. The van der Waals surface area contributed by atoms with Crippen molar-refractivity contribution in [3.63, 3.8) is 0 Å². The van der Waals surface area contributed by atoms with E-state index in [2.05, 4.69) is 34.8 Å². The average Bonchev–Trinajstić information content (AvgIpc) is 2.34. The third kappa shape index (κ3) is 3.28. The highest BCUT2D eigenvalue weighted by Crippen LogP contribution is 2.35. The molecule has 0 saturated carbocycles. The zero-order valence-electron chi connectivity index (χ0n) is 11.1. The Morgan fingerprint density at radius 2 is 2.00 bits per heavy atom. The molecule has 0 N–H and O–H groups in total. The van der Waals surface area contributed by atoms with Crippen LogP contribution in [-0.2, 0) is 0 Å². The summed E-state index contributed by atoms with van der Waals surface area (Å²) in [6.45, 7) is 6.21. The second-order valence-electron chi connectivity index (χ2n) is 4.70. The van der Waals surface area contributed by atoms with Gasteiger partial charge in [0.25, 0.3) is 0 Å². The van der Waals surface area contributed by atoms with Gasteiger partial charge in [0.05, 0.1) is 4.47 Å². The summed E-state index contributed by atoms with van der Waals surface area (Å²) in [4.78, 5) is 4.02. The van der Waals surface area contributed by atoms with Gasteiger partial charge in [-0.1, -0.05) is 25.4 Å². The minimum atomic E-state index is 0.358. The molecule has 0 amide bonds. The molecule has 0 radical (unpaired) electrons. The summed E-state index contributed by atoms with van der Waals surface area (Å²) >= 11 is 9.68. The van der Waals surface area contributed by atoms with Crippen LogP contribution < -0.4 is 4.74 Å². The molecule has 0 saturated heterocycles. The van der Waals surface area contributed by atoms with Gasteiger partial charge in [-0.15, -0.1) is 0 Å². The monoisotopic (exact) mass is 339 g/mol. The number of halogens is 2. The first-order valence-corrected chi connectivity index (χ1v) is 7.23. The highest BCUT2D eigenvalue weighted by molar-refractivity contribution is 9.10. The first-order valence-electron chi connectivity index (χ1n) is 6.06. The highest BCUT2D eigenvalue weighted by Gasteiger charge is 2.11. The molecular formula is C15H15BrClNO. The number of rotatable bonds is 3. The number of aromatic nitrogens is 1. The first kappa shape index (κ1) is 14.4. The van der Waals surface area contributed by atoms with Gasteiger partial charge in [0.15, 0.2) is 0 Å². The predicted molar refractivity (Wildman–Crippen MR) is 82.3 cm³/mol. The van der Waals surface area contributed by atoms with E-state index in [0.29, 0.717) is 5.92 Å². The number of hydrogen-bond donors (Lipinski definition) is 0. The number of aryl methyl sites for hydroxylation is 1. The molecule has 0 aliphatic rings. The molecule has 0 aliphatic carbocycles. The fourth-order valence-corrected chi connectivity index (χ4v) is 2.55. The SMILES string of the molecule is Cc1cc(Cl)c(C(C)C)cc1Oc1ccncc1Br. The van der Waals surface area contributed by atoms with Crippen molar-refractivity contribution in [1.82, 2.24) is 4.98 Å². The predicted octanol–water partition coefficient (Wildman–Crippen LogP) is 5.72. The molecule has 2 rings (SSSR count). The largest absolute Gasteiger partial charge is 0.456 e. The second-order valence-corrected chi connectivity index (χ2v) is 5.96. The van der Waals surface area contributed by atoms with Crippen molar-refractivity contribution >= 4 is 27.5 Å². The summed E-state index contributed by atoms with van der Waals surface area (Å²) < 4.78 is 6.77. The Balaban J connectivity index is 2.40. The van der Waals surface area contributed by atoms with Crippen LogP contribution in [0.25, 0.3) is 0 Å². The standard InChI is InChI=1S/C15H15BrClNO/c1-9(2)11-7-15(10(3)6-13(11)17)19-14-4-5-18-8-12(14)16/h4-9H,1-3H3. The van der Waals surface area contributed by atoms with Crippen LogP contribution in [0.15, 0.2) is 35.1 Å². The fraction of sp³-hybridized carbons (Fsp3) is 0.267. The van der Waals surface area contributed by atoms with Gasteiger partial charge in [0.2, 0.25) is 0 Å². The number of nitrogens with zero attached hydrogens (tertiary/aromatic N) is 1. The maximum Gasteiger partial charge on any atom is 0.144 e. The molecule has 0 unspecified atom stereocenters. The Labute approximate surface area is 126 Å². The van der Waals surface area contributed by atoms with Gasteiger partial charge in [0.1, 0.15) is 11.5 Å². The van der Waals surface area contributed by atoms with E-state index in [4.69, 9.17) is 16.3 Å². The summed E-state index contributed by atoms with van der Waals surface area (Å²) in [6, 6.07) is 5.78. The Bertz CT molecular complexity index is 599. The van der Waals surface area contributed by atoms with Gasteiger partial charge in [-0.25, -0.2) is 0 Å². The Morgan fingerprint density at radius 1 is 1.26 bits per heavy atom. The Morgan fingerprint density at radius 3 is 2.63 bits per heavy atom. The molecule has 1 aromatic carbocycles. The molecule has 0 bridgehead atoms.